The van der Waals surface area contributed by atoms with E-state index in [-0.39, 0.29) is 0 Å². The van der Waals surface area contributed by atoms with Gasteiger partial charge in [-0.25, -0.2) is 9.67 Å². The number of nitrogens with zero attached hydrogens (tertiary/aromatic N) is 3. The second-order valence-electron chi connectivity index (χ2n) is 7.04. The maximum absolute atomic E-state index is 4.60. The van der Waals surface area contributed by atoms with Crippen LogP contribution in [0.15, 0.2) is 18.5 Å². The molecule has 5 heteroatoms. The Bertz CT molecular complexity index is 632. The van der Waals surface area contributed by atoms with Crippen molar-refractivity contribution in [2.45, 2.75) is 46.2 Å². The molecule has 1 unspecified atom stereocenters. The molecule has 0 bridgehead atoms. The third kappa shape index (κ3) is 3.18. The number of hydrogen-bond acceptors (Lipinski definition) is 4. The highest BCUT2D eigenvalue weighted by Gasteiger charge is 2.28. The Balaban J connectivity index is 1.79. The molecule has 3 rings (SSSR count). The molecule has 0 radical (unpaired) electrons. The van der Waals surface area contributed by atoms with E-state index in [4.69, 9.17) is 0 Å². The molecule has 114 valence electrons. The lowest BCUT2D eigenvalue weighted by molar-refractivity contribution is 0.358. The van der Waals surface area contributed by atoms with Crippen molar-refractivity contribution in [3.05, 3.63) is 18.5 Å². The first-order valence-electron chi connectivity index (χ1n) is 7.62. The summed E-state index contributed by atoms with van der Waals surface area (Å²) in [5.41, 5.74) is 2.49. The number of aromatic nitrogens is 3. The maximum atomic E-state index is 4.60. The third-order valence-electron chi connectivity index (χ3n) is 3.90. The van der Waals surface area contributed by atoms with Crippen LogP contribution in [0, 0.1) is 5.41 Å². The van der Waals surface area contributed by atoms with Crippen molar-refractivity contribution in [3.63, 3.8) is 0 Å². The highest BCUT2D eigenvalue weighted by atomic mass is 32.2. The zero-order chi connectivity index (χ0) is 15.0. The Morgan fingerprint density at radius 2 is 2.19 bits per heavy atom. The van der Waals surface area contributed by atoms with Gasteiger partial charge in [-0.3, -0.25) is 0 Å². The summed E-state index contributed by atoms with van der Waals surface area (Å²) in [5.74, 6) is 2.43. The van der Waals surface area contributed by atoms with Gasteiger partial charge < -0.3 is 5.32 Å². The van der Waals surface area contributed by atoms with E-state index in [1.807, 2.05) is 28.8 Å². The number of rotatable bonds is 3. The van der Waals surface area contributed by atoms with Crippen LogP contribution in [0.25, 0.3) is 11.0 Å². The molecule has 2 aromatic rings. The lowest BCUT2D eigenvalue weighted by Crippen LogP contribution is -2.35. The van der Waals surface area contributed by atoms with Crippen molar-refractivity contribution < 1.29 is 0 Å². The lowest BCUT2D eigenvalue weighted by atomic mass is 9.88. The molecule has 0 spiro atoms. The van der Waals surface area contributed by atoms with E-state index < -0.39 is 0 Å². The van der Waals surface area contributed by atoms with Crippen molar-refractivity contribution in [2.24, 2.45) is 5.41 Å². The average molecular weight is 304 g/mol. The summed E-state index contributed by atoms with van der Waals surface area (Å²) in [5, 5.41) is 9.18. The minimum Gasteiger partial charge on any atom is -0.380 e. The summed E-state index contributed by atoms with van der Waals surface area (Å²) in [6, 6.07) is 3.03. The van der Waals surface area contributed by atoms with Gasteiger partial charge in [-0.1, -0.05) is 13.8 Å². The highest BCUT2D eigenvalue weighted by molar-refractivity contribution is 7.99. The normalized spacial score (nSPS) is 21.9. The SMILES string of the molecule is CC(C)n1ncc2cc(NC3CSCC(C)(C)C3)cnc21. The molecule has 4 nitrogen and oxygen atoms in total. The van der Waals surface area contributed by atoms with Crippen LogP contribution in [0.4, 0.5) is 5.69 Å². The predicted octanol–water partition coefficient (Wildman–Crippen LogP) is 3.96. The minimum atomic E-state index is 0.337. The molecule has 0 aromatic carbocycles. The summed E-state index contributed by atoms with van der Waals surface area (Å²) >= 11 is 2.04. The van der Waals surface area contributed by atoms with Gasteiger partial charge in [-0.05, 0) is 37.5 Å². The molecule has 3 heterocycles. The van der Waals surface area contributed by atoms with Crippen molar-refractivity contribution in [2.75, 3.05) is 16.8 Å². The summed E-state index contributed by atoms with van der Waals surface area (Å²) in [6.07, 6.45) is 5.06. The molecule has 1 fully saturated rings. The first-order valence-corrected chi connectivity index (χ1v) is 8.78. The van der Waals surface area contributed by atoms with Crippen molar-refractivity contribution >= 4 is 28.5 Å². The smallest absolute Gasteiger partial charge is 0.158 e. The van der Waals surface area contributed by atoms with Gasteiger partial charge in [0, 0.05) is 23.2 Å². The van der Waals surface area contributed by atoms with Crippen LogP contribution < -0.4 is 5.32 Å². The van der Waals surface area contributed by atoms with Crippen LogP contribution in [0.5, 0.6) is 0 Å². The highest BCUT2D eigenvalue weighted by Crippen LogP contribution is 2.34. The Labute approximate surface area is 130 Å². The maximum Gasteiger partial charge on any atom is 0.158 e. The average Bonchev–Trinajstić information content (AvgIpc) is 2.80. The van der Waals surface area contributed by atoms with E-state index in [0.717, 1.165) is 16.7 Å². The molecule has 0 aliphatic carbocycles. The molecular weight excluding hydrogens is 280 g/mol. The molecule has 1 atom stereocenters. The summed E-state index contributed by atoms with van der Waals surface area (Å²) in [7, 11) is 0. The van der Waals surface area contributed by atoms with Crippen LogP contribution in [0.1, 0.15) is 40.2 Å². The van der Waals surface area contributed by atoms with Crippen molar-refractivity contribution in [1.29, 1.82) is 0 Å². The molecule has 2 aromatic heterocycles. The Hall–Kier alpha value is -1.23. The number of hydrogen-bond donors (Lipinski definition) is 1. The summed E-state index contributed by atoms with van der Waals surface area (Å²) < 4.78 is 1.97. The molecule has 21 heavy (non-hydrogen) atoms. The largest absolute Gasteiger partial charge is 0.380 e. The minimum absolute atomic E-state index is 0.337. The summed E-state index contributed by atoms with van der Waals surface area (Å²) in [6.45, 7) is 8.95. The molecule has 0 amide bonds. The molecule has 1 aliphatic heterocycles. The van der Waals surface area contributed by atoms with Gasteiger partial charge in [0.25, 0.3) is 0 Å². The number of fused-ring (bicyclic) bond motifs is 1. The number of nitrogens with one attached hydrogen (secondary N) is 1. The van der Waals surface area contributed by atoms with Crippen molar-refractivity contribution in [3.8, 4) is 0 Å². The lowest BCUT2D eigenvalue weighted by Gasteiger charge is -2.35. The van der Waals surface area contributed by atoms with Gasteiger partial charge in [0.2, 0.25) is 0 Å². The van der Waals surface area contributed by atoms with E-state index in [0.29, 0.717) is 17.5 Å². The first-order chi connectivity index (χ1) is 9.94. The van der Waals surface area contributed by atoms with Crippen LogP contribution in [0.3, 0.4) is 0 Å². The molecule has 1 saturated heterocycles. The monoisotopic (exact) mass is 304 g/mol. The van der Waals surface area contributed by atoms with Crippen molar-refractivity contribution in [1.82, 2.24) is 14.8 Å². The standard InChI is InChI=1S/C16H24N4S/c1-11(2)20-15-12(7-18-20)5-13(8-17-15)19-14-6-16(3,4)10-21-9-14/h5,7-8,11,14,19H,6,9-10H2,1-4H3. The van der Waals surface area contributed by atoms with Gasteiger partial charge in [0.05, 0.1) is 18.1 Å². The second-order valence-corrected chi connectivity index (χ2v) is 8.07. The zero-order valence-corrected chi connectivity index (χ0v) is 14.1. The Morgan fingerprint density at radius 1 is 1.38 bits per heavy atom. The summed E-state index contributed by atoms with van der Waals surface area (Å²) in [4.78, 5) is 4.60. The van der Waals surface area contributed by atoms with E-state index >= 15 is 0 Å². The van der Waals surface area contributed by atoms with Crippen LogP contribution >= 0.6 is 11.8 Å². The van der Waals surface area contributed by atoms with Gasteiger partial charge in [0.1, 0.15) is 0 Å². The molecular formula is C16H24N4S. The fourth-order valence-electron chi connectivity index (χ4n) is 2.99. The fourth-order valence-corrected chi connectivity index (χ4v) is 4.26. The second kappa shape index (κ2) is 5.52. The number of anilines is 1. The Morgan fingerprint density at radius 3 is 2.90 bits per heavy atom. The van der Waals surface area contributed by atoms with Crippen LogP contribution in [0.2, 0.25) is 0 Å². The third-order valence-corrected chi connectivity index (χ3v) is 5.53. The molecule has 1 N–H and O–H groups in total. The van der Waals surface area contributed by atoms with E-state index in [9.17, 15) is 0 Å². The Kier molecular flexibility index (Phi) is 3.86. The number of thioether (sulfide) groups is 1. The van der Waals surface area contributed by atoms with Gasteiger partial charge in [-0.15, -0.1) is 0 Å². The first kappa shape index (κ1) is 14.7. The number of pyridine rings is 1. The molecule has 1 aliphatic rings. The van der Waals surface area contributed by atoms with Gasteiger partial charge >= 0.3 is 0 Å². The van der Waals surface area contributed by atoms with Crippen LogP contribution in [-0.4, -0.2) is 32.3 Å². The zero-order valence-electron chi connectivity index (χ0n) is 13.3. The van der Waals surface area contributed by atoms with E-state index in [1.54, 1.807) is 0 Å². The quantitative estimate of drug-likeness (QED) is 0.932. The van der Waals surface area contributed by atoms with E-state index in [1.165, 1.54) is 17.9 Å². The molecule has 0 saturated carbocycles. The van der Waals surface area contributed by atoms with Gasteiger partial charge in [0.15, 0.2) is 5.65 Å². The fraction of sp³-hybridized carbons (Fsp3) is 0.625. The predicted molar refractivity (Wildman–Crippen MR) is 91.0 cm³/mol. The van der Waals surface area contributed by atoms with E-state index in [2.05, 4.69) is 49.2 Å². The van der Waals surface area contributed by atoms with Crippen LogP contribution in [-0.2, 0) is 0 Å². The van der Waals surface area contributed by atoms with Gasteiger partial charge in [-0.2, -0.15) is 16.9 Å². The topological polar surface area (TPSA) is 42.7 Å².